The molecule has 1 aromatic carbocycles. The summed E-state index contributed by atoms with van der Waals surface area (Å²) in [5, 5.41) is 9.11. The molecule has 0 radical (unpaired) electrons. The van der Waals surface area contributed by atoms with Gasteiger partial charge in [-0.25, -0.2) is 0 Å². The summed E-state index contributed by atoms with van der Waals surface area (Å²) in [6, 6.07) is 8.15. The molecule has 1 aromatic heterocycles. The molecular weight excluding hydrogens is 226 g/mol. The van der Waals surface area contributed by atoms with Crippen molar-refractivity contribution in [1.82, 2.24) is 4.98 Å². The highest BCUT2D eigenvalue weighted by molar-refractivity contribution is 5.76. The van der Waals surface area contributed by atoms with E-state index in [1.807, 2.05) is 12.1 Å². The van der Waals surface area contributed by atoms with Crippen molar-refractivity contribution in [2.75, 3.05) is 12.3 Å². The first-order valence-corrected chi connectivity index (χ1v) is 5.92. The van der Waals surface area contributed by atoms with Crippen molar-refractivity contribution in [1.29, 1.82) is 5.26 Å². The molecule has 3 rings (SSSR count). The molecule has 4 heteroatoms. The predicted octanol–water partition coefficient (Wildman–Crippen LogP) is 2.46. The molecule has 1 aliphatic rings. The second-order valence-corrected chi connectivity index (χ2v) is 4.38. The predicted molar refractivity (Wildman–Crippen MR) is 69.2 cm³/mol. The first kappa shape index (κ1) is 10.7. The maximum absolute atomic E-state index is 9.11. The minimum Gasteiger partial charge on any atom is -0.493 e. The van der Waals surface area contributed by atoms with Gasteiger partial charge in [0.2, 0.25) is 0 Å². The number of nitriles is 1. The number of aryl methyl sites for hydroxylation is 1. The van der Waals surface area contributed by atoms with Gasteiger partial charge in [-0.05, 0) is 36.1 Å². The van der Waals surface area contributed by atoms with Gasteiger partial charge < -0.3 is 15.5 Å². The highest BCUT2D eigenvalue weighted by atomic mass is 16.5. The van der Waals surface area contributed by atoms with Crippen LogP contribution in [0.1, 0.15) is 17.5 Å². The molecule has 0 fully saturated rings. The van der Waals surface area contributed by atoms with E-state index in [-0.39, 0.29) is 0 Å². The molecule has 0 spiro atoms. The Morgan fingerprint density at radius 1 is 1.39 bits per heavy atom. The van der Waals surface area contributed by atoms with Crippen molar-refractivity contribution in [3.05, 3.63) is 35.5 Å². The molecule has 90 valence electrons. The van der Waals surface area contributed by atoms with Crippen molar-refractivity contribution in [3.8, 4) is 22.9 Å². The Bertz CT molecular complexity index is 637. The molecule has 0 unspecified atom stereocenters. The van der Waals surface area contributed by atoms with Gasteiger partial charge >= 0.3 is 0 Å². The van der Waals surface area contributed by atoms with Crippen LogP contribution in [-0.4, -0.2) is 11.6 Å². The van der Waals surface area contributed by atoms with Crippen molar-refractivity contribution in [2.24, 2.45) is 0 Å². The molecule has 1 aliphatic heterocycles. The van der Waals surface area contributed by atoms with Gasteiger partial charge in [-0.15, -0.1) is 0 Å². The average Bonchev–Trinajstić information content (AvgIpc) is 2.79. The summed E-state index contributed by atoms with van der Waals surface area (Å²) in [5.74, 6) is 1.37. The van der Waals surface area contributed by atoms with Crippen molar-refractivity contribution in [3.63, 3.8) is 0 Å². The van der Waals surface area contributed by atoms with E-state index >= 15 is 0 Å². The number of nitrogen functional groups attached to an aromatic ring is 1. The summed E-state index contributed by atoms with van der Waals surface area (Å²) in [5.41, 5.74) is 9.28. The molecule has 3 N–H and O–H groups in total. The molecule has 2 heterocycles. The highest BCUT2D eigenvalue weighted by Crippen LogP contribution is 2.32. The van der Waals surface area contributed by atoms with E-state index in [0.29, 0.717) is 11.4 Å². The summed E-state index contributed by atoms with van der Waals surface area (Å²) in [7, 11) is 0. The quantitative estimate of drug-likeness (QED) is 0.802. The van der Waals surface area contributed by atoms with Gasteiger partial charge in [0.25, 0.3) is 0 Å². The van der Waals surface area contributed by atoms with Crippen LogP contribution in [0.2, 0.25) is 0 Å². The molecule has 18 heavy (non-hydrogen) atoms. The number of aromatic amines is 1. The van der Waals surface area contributed by atoms with Crippen LogP contribution in [-0.2, 0) is 6.42 Å². The van der Waals surface area contributed by atoms with Gasteiger partial charge in [0.1, 0.15) is 23.2 Å². The third-order valence-electron chi connectivity index (χ3n) is 3.24. The largest absolute Gasteiger partial charge is 0.493 e. The Balaban J connectivity index is 2.10. The minimum absolute atomic E-state index is 0.418. The number of benzene rings is 1. The Morgan fingerprint density at radius 2 is 2.28 bits per heavy atom. The van der Waals surface area contributed by atoms with E-state index in [0.717, 1.165) is 36.3 Å². The van der Waals surface area contributed by atoms with Gasteiger partial charge in [0.15, 0.2) is 0 Å². The van der Waals surface area contributed by atoms with Gasteiger partial charge in [-0.1, -0.05) is 6.07 Å². The number of nitrogens with one attached hydrogen (secondary N) is 1. The number of hydrogen-bond donors (Lipinski definition) is 2. The second-order valence-electron chi connectivity index (χ2n) is 4.38. The fourth-order valence-corrected chi connectivity index (χ4v) is 2.32. The SMILES string of the molecule is N#Cc1c(-c2ccc3c(c2)CCCO3)c[nH]c1N. The highest BCUT2D eigenvalue weighted by Gasteiger charge is 2.14. The number of nitrogens with zero attached hydrogens (tertiary/aromatic N) is 1. The van der Waals surface area contributed by atoms with Crippen molar-refractivity contribution < 1.29 is 4.74 Å². The minimum atomic E-state index is 0.418. The zero-order chi connectivity index (χ0) is 12.5. The zero-order valence-corrected chi connectivity index (χ0v) is 9.86. The van der Waals surface area contributed by atoms with E-state index in [2.05, 4.69) is 17.1 Å². The zero-order valence-electron chi connectivity index (χ0n) is 9.86. The lowest BCUT2D eigenvalue weighted by Gasteiger charge is -2.17. The normalized spacial score (nSPS) is 13.5. The summed E-state index contributed by atoms with van der Waals surface area (Å²) < 4.78 is 5.58. The number of H-pyrrole nitrogens is 1. The molecule has 0 bridgehead atoms. The number of aromatic nitrogens is 1. The number of anilines is 1. The Hall–Kier alpha value is -2.41. The third kappa shape index (κ3) is 1.61. The van der Waals surface area contributed by atoms with E-state index in [9.17, 15) is 0 Å². The lowest BCUT2D eigenvalue weighted by molar-refractivity contribution is 0.288. The lowest BCUT2D eigenvalue weighted by atomic mass is 9.98. The van der Waals surface area contributed by atoms with Crippen LogP contribution < -0.4 is 10.5 Å². The number of hydrogen-bond acceptors (Lipinski definition) is 3. The van der Waals surface area contributed by atoms with Crippen LogP contribution in [0.3, 0.4) is 0 Å². The topological polar surface area (TPSA) is 74.8 Å². The summed E-state index contributed by atoms with van der Waals surface area (Å²) in [6.07, 6.45) is 3.83. The van der Waals surface area contributed by atoms with Crippen LogP contribution in [0.15, 0.2) is 24.4 Å². The van der Waals surface area contributed by atoms with Gasteiger partial charge in [0, 0.05) is 11.8 Å². The molecular formula is C14H13N3O. The number of ether oxygens (including phenoxy) is 1. The smallest absolute Gasteiger partial charge is 0.122 e. The Labute approximate surface area is 105 Å². The van der Waals surface area contributed by atoms with Crippen molar-refractivity contribution in [2.45, 2.75) is 12.8 Å². The number of fused-ring (bicyclic) bond motifs is 1. The molecule has 4 nitrogen and oxygen atoms in total. The molecule has 0 saturated heterocycles. The summed E-state index contributed by atoms with van der Waals surface area (Å²) in [4.78, 5) is 2.89. The molecule has 0 atom stereocenters. The summed E-state index contributed by atoms with van der Waals surface area (Å²) in [6.45, 7) is 0.785. The van der Waals surface area contributed by atoms with Gasteiger partial charge in [0.05, 0.1) is 6.61 Å². The molecule has 0 aliphatic carbocycles. The standard InChI is InChI=1S/C14H13N3O/c15-7-11-12(8-17-14(11)16)9-3-4-13-10(6-9)2-1-5-18-13/h3-4,6,8,17H,1-2,5,16H2. The second kappa shape index (κ2) is 4.11. The van der Waals surface area contributed by atoms with Crippen molar-refractivity contribution >= 4 is 5.82 Å². The molecule has 0 amide bonds. The molecule has 0 saturated carbocycles. The van der Waals surface area contributed by atoms with Crippen LogP contribution in [0, 0.1) is 11.3 Å². The Morgan fingerprint density at radius 3 is 3.11 bits per heavy atom. The number of rotatable bonds is 1. The summed E-state index contributed by atoms with van der Waals surface area (Å²) >= 11 is 0. The van der Waals surface area contributed by atoms with E-state index in [4.69, 9.17) is 15.7 Å². The van der Waals surface area contributed by atoms with Crippen LogP contribution in [0.5, 0.6) is 5.75 Å². The van der Waals surface area contributed by atoms with Gasteiger partial charge in [-0.3, -0.25) is 0 Å². The average molecular weight is 239 g/mol. The first-order chi connectivity index (χ1) is 8.79. The van der Waals surface area contributed by atoms with Crippen LogP contribution in [0.25, 0.3) is 11.1 Å². The van der Waals surface area contributed by atoms with Crippen LogP contribution in [0.4, 0.5) is 5.82 Å². The first-order valence-electron chi connectivity index (χ1n) is 5.92. The fourth-order valence-electron chi connectivity index (χ4n) is 2.32. The van der Waals surface area contributed by atoms with Gasteiger partial charge in [-0.2, -0.15) is 5.26 Å². The van der Waals surface area contributed by atoms with E-state index in [1.165, 1.54) is 5.56 Å². The van der Waals surface area contributed by atoms with Crippen LogP contribution >= 0.6 is 0 Å². The van der Waals surface area contributed by atoms with E-state index in [1.54, 1.807) is 6.20 Å². The van der Waals surface area contributed by atoms with E-state index < -0.39 is 0 Å². The lowest BCUT2D eigenvalue weighted by Crippen LogP contribution is -2.08. The maximum Gasteiger partial charge on any atom is 0.122 e. The monoisotopic (exact) mass is 239 g/mol. The number of nitrogens with two attached hydrogens (primary N) is 1. The maximum atomic E-state index is 9.11. The third-order valence-corrected chi connectivity index (χ3v) is 3.24. The fraction of sp³-hybridized carbons (Fsp3) is 0.214. The molecule has 2 aromatic rings. The Kier molecular flexibility index (Phi) is 2.45.